The highest BCUT2D eigenvalue weighted by molar-refractivity contribution is 9.10. The molecule has 2 aromatic rings. The van der Waals surface area contributed by atoms with Crippen LogP contribution in [0, 0.1) is 6.92 Å². The molecule has 5 heteroatoms. The fourth-order valence-corrected chi connectivity index (χ4v) is 3.87. The summed E-state index contributed by atoms with van der Waals surface area (Å²) in [4.78, 5) is 1.23. The Morgan fingerprint density at radius 2 is 2.16 bits per heavy atom. The minimum atomic E-state index is 0.847. The molecule has 1 heterocycles. The van der Waals surface area contributed by atoms with Crippen molar-refractivity contribution in [3.05, 3.63) is 39.6 Å². The molecule has 0 radical (unpaired) electrons. The lowest BCUT2D eigenvalue weighted by Gasteiger charge is -2.06. The van der Waals surface area contributed by atoms with E-state index in [9.17, 15) is 0 Å². The number of aromatic nitrogens is 2. The second kappa shape index (κ2) is 6.01. The minimum absolute atomic E-state index is 0.847. The highest BCUT2D eigenvalue weighted by Crippen LogP contribution is 2.30. The van der Waals surface area contributed by atoms with E-state index >= 15 is 0 Å². The third-order valence-electron chi connectivity index (χ3n) is 3.12. The van der Waals surface area contributed by atoms with E-state index in [-0.39, 0.29) is 0 Å². The zero-order chi connectivity index (χ0) is 14.0. The van der Waals surface area contributed by atoms with Crippen LogP contribution >= 0.6 is 27.7 Å². The molecule has 102 valence electrons. The van der Waals surface area contributed by atoms with Gasteiger partial charge in [-0.25, -0.2) is 0 Å². The summed E-state index contributed by atoms with van der Waals surface area (Å²) in [6.45, 7) is 4.15. The molecule has 0 saturated heterocycles. The van der Waals surface area contributed by atoms with Gasteiger partial charge in [-0.05, 0) is 53.0 Å². The van der Waals surface area contributed by atoms with E-state index in [0.717, 1.165) is 33.6 Å². The topological polar surface area (TPSA) is 43.8 Å². The van der Waals surface area contributed by atoms with E-state index in [1.54, 1.807) is 11.8 Å². The van der Waals surface area contributed by atoms with Gasteiger partial charge >= 0.3 is 0 Å². The number of nitrogen functional groups attached to an aromatic ring is 1. The predicted molar refractivity (Wildman–Crippen MR) is 85.4 cm³/mol. The van der Waals surface area contributed by atoms with Crippen LogP contribution in [-0.2, 0) is 19.2 Å². The molecule has 1 aromatic heterocycles. The molecule has 0 saturated carbocycles. The second-order valence-corrected chi connectivity index (χ2v) is 6.33. The van der Waals surface area contributed by atoms with E-state index in [2.05, 4.69) is 40.1 Å². The van der Waals surface area contributed by atoms with Gasteiger partial charge in [0.2, 0.25) is 0 Å². The Morgan fingerprint density at radius 1 is 1.42 bits per heavy atom. The van der Waals surface area contributed by atoms with Crippen LogP contribution in [0.15, 0.2) is 27.6 Å². The van der Waals surface area contributed by atoms with Crippen LogP contribution in [0.1, 0.15) is 23.9 Å². The first-order chi connectivity index (χ1) is 9.02. The molecule has 0 bridgehead atoms. The zero-order valence-electron chi connectivity index (χ0n) is 11.4. The molecule has 0 spiro atoms. The molecule has 3 nitrogen and oxygen atoms in total. The predicted octanol–water partition coefficient (Wildman–Crippen LogP) is 3.93. The Labute approximate surface area is 126 Å². The molecule has 0 atom stereocenters. The minimum Gasteiger partial charge on any atom is -0.399 e. The fourth-order valence-electron chi connectivity index (χ4n) is 1.87. The quantitative estimate of drug-likeness (QED) is 0.677. The van der Waals surface area contributed by atoms with Gasteiger partial charge in [-0.1, -0.05) is 6.92 Å². The van der Waals surface area contributed by atoms with E-state index < -0.39 is 0 Å². The first kappa shape index (κ1) is 14.5. The third-order valence-corrected chi connectivity index (χ3v) is 5.04. The number of hydrogen-bond donors (Lipinski definition) is 1. The van der Waals surface area contributed by atoms with Crippen molar-refractivity contribution in [3.63, 3.8) is 0 Å². The number of anilines is 1. The molecule has 19 heavy (non-hydrogen) atoms. The van der Waals surface area contributed by atoms with Crippen molar-refractivity contribution < 1.29 is 0 Å². The smallest absolute Gasteiger partial charge is 0.0767 e. The maximum absolute atomic E-state index is 5.83. The summed E-state index contributed by atoms with van der Waals surface area (Å²) in [5.74, 6) is 0.896. The standard InChI is InChI=1S/C14H18BrN3S/c1-4-12-14(15)13(18(3)17-12)8-19-10-5-6-11(16)9(2)7-10/h5-7H,4,8,16H2,1-3H3. The molecule has 0 unspecified atom stereocenters. The number of hydrogen-bond acceptors (Lipinski definition) is 3. The first-order valence-corrected chi connectivity index (χ1v) is 8.00. The molecule has 0 fully saturated rings. The van der Waals surface area contributed by atoms with E-state index in [1.165, 1.54) is 10.6 Å². The Morgan fingerprint density at radius 3 is 2.74 bits per heavy atom. The lowest BCUT2D eigenvalue weighted by Crippen LogP contribution is -1.97. The van der Waals surface area contributed by atoms with Crippen LogP contribution in [0.5, 0.6) is 0 Å². The van der Waals surface area contributed by atoms with Gasteiger partial charge in [-0.2, -0.15) is 5.10 Å². The van der Waals surface area contributed by atoms with Gasteiger partial charge in [0.15, 0.2) is 0 Å². The number of aryl methyl sites for hydroxylation is 3. The maximum Gasteiger partial charge on any atom is 0.0767 e. The number of rotatable bonds is 4. The number of nitrogens with two attached hydrogens (primary N) is 1. The highest BCUT2D eigenvalue weighted by atomic mass is 79.9. The lowest BCUT2D eigenvalue weighted by molar-refractivity contribution is 0.719. The van der Waals surface area contributed by atoms with E-state index in [4.69, 9.17) is 5.73 Å². The summed E-state index contributed by atoms with van der Waals surface area (Å²) in [5, 5.41) is 4.51. The molecule has 0 aliphatic heterocycles. The van der Waals surface area contributed by atoms with Crippen molar-refractivity contribution in [1.82, 2.24) is 9.78 Å². The fraction of sp³-hybridized carbons (Fsp3) is 0.357. The molecule has 0 aliphatic carbocycles. The maximum atomic E-state index is 5.83. The van der Waals surface area contributed by atoms with E-state index in [1.807, 2.05) is 24.7 Å². The molecule has 0 aliphatic rings. The summed E-state index contributed by atoms with van der Waals surface area (Å²) >= 11 is 5.45. The summed E-state index contributed by atoms with van der Waals surface area (Å²) in [6, 6.07) is 6.16. The average Bonchev–Trinajstić information content (AvgIpc) is 2.66. The number of halogens is 1. The summed E-state index contributed by atoms with van der Waals surface area (Å²) < 4.78 is 3.09. The van der Waals surface area contributed by atoms with Gasteiger partial charge in [0.1, 0.15) is 0 Å². The number of nitrogens with zero attached hydrogens (tertiary/aromatic N) is 2. The van der Waals surface area contributed by atoms with Gasteiger partial charge in [0, 0.05) is 23.4 Å². The molecule has 2 rings (SSSR count). The van der Waals surface area contributed by atoms with Crippen molar-refractivity contribution in [3.8, 4) is 0 Å². The van der Waals surface area contributed by atoms with Crippen molar-refractivity contribution in [2.45, 2.75) is 30.9 Å². The Bertz CT molecular complexity index is 593. The van der Waals surface area contributed by atoms with Gasteiger partial charge in [0.05, 0.1) is 15.9 Å². The second-order valence-electron chi connectivity index (χ2n) is 4.49. The number of benzene rings is 1. The van der Waals surface area contributed by atoms with Crippen molar-refractivity contribution in [2.24, 2.45) is 7.05 Å². The molecular formula is C14H18BrN3S. The monoisotopic (exact) mass is 339 g/mol. The summed E-state index contributed by atoms with van der Waals surface area (Å²) in [5.41, 5.74) is 10.1. The summed E-state index contributed by atoms with van der Waals surface area (Å²) in [6.07, 6.45) is 0.945. The van der Waals surface area contributed by atoms with Crippen molar-refractivity contribution in [1.29, 1.82) is 0 Å². The van der Waals surface area contributed by atoms with Crippen LogP contribution in [0.25, 0.3) is 0 Å². The van der Waals surface area contributed by atoms with Gasteiger partial charge in [0.25, 0.3) is 0 Å². The van der Waals surface area contributed by atoms with Crippen LogP contribution in [0.2, 0.25) is 0 Å². The van der Waals surface area contributed by atoms with Crippen molar-refractivity contribution in [2.75, 3.05) is 5.73 Å². The molecular weight excluding hydrogens is 322 g/mol. The Kier molecular flexibility index (Phi) is 4.58. The van der Waals surface area contributed by atoms with Gasteiger partial charge in [-0.3, -0.25) is 4.68 Å². The molecule has 0 amide bonds. The van der Waals surface area contributed by atoms with Crippen molar-refractivity contribution >= 4 is 33.4 Å². The Balaban J connectivity index is 2.14. The normalized spacial score (nSPS) is 10.9. The highest BCUT2D eigenvalue weighted by Gasteiger charge is 2.12. The molecule has 2 N–H and O–H groups in total. The van der Waals surface area contributed by atoms with Gasteiger partial charge < -0.3 is 5.73 Å². The summed E-state index contributed by atoms with van der Waals surface area (Å²) in [7, 11) is 1.99. The van der Waals surface area contributed by atoms with E-state index in [0.29, 0.717) is 0 Å². The van der Waals surface area contributed by atoms with Crippen LogP contribution < -0.4 is 5.73 Å². The SMILES string of the molecule is CCc1nn(C)c(CSc2ccc(N)c(C)c2)c1Br. The third kappa shape index (κ3) is 3.15. The van der Waals surface area contributed by atoms with Crippen LogP contribution in [-0.4, -0.2) is 9.78 Å². The molecule has 1 aromatic carbocycles. The van der Waals surface area contributed by atoms with Crippen LogP contribution in [0.3, 0.4) is 0 Å². The largest absolute Gasteiger partial charge is 0.399 e. The average molecular weight is 340 g/mol. The van der Waals surface area contributed by atoms with Gasteiger partial charge in [-0.15, -0.1) is 11.8 Å². The Hall–Kier alpha value is -0.940. The first-order valence-electron chi connectivity index (χ1n) is 6.22. The lowest BCUT2D eigenvalue weighted by atomic mass is 10.2. The van der Waals surface area contributed by atoms with Crippen LogP contribution in [0.4, 0.5) is 5.69 Å². The zero-order valence-corrected chi connectivity index (χ0v) is 13.8. The number of thioether (sulfide) groups is 1.